The molecule has 3 heteroatoms. The van der Waals surface area contributed by atoms with Crippen molar-refractivity contribution < 1.29 is 4.74 Å². The molecule has 0 radical (unpaired) electrons. The summed E-state index contributed by atoms with van der Waals surface area (Å²) in [5.74, 6) is 0.912. The minimum Gasteiger partial charge on any atom is -0.378 e. The van der Waals surface area contributed by atoms with Gasteiger partial charge >= 0.3 is 0 Å². The first-order chi connectivity index (χ1) is 9.81. The van der Waals surface area contributed by atoms with Crippen LogP contribution in [-0.2, 0) is 11.3 Å². The summed E-state index contributed by atoms with van der Waals surface area (Å²) in [6.45, 7) is 9.73. The number of piperidine rings is 1. The quantitative estimate of drug-likeness (QED) is 0.843. The molecule has 0 N–H and O–H groups in total. The number of hydrogen-bond acceptors (Lipinski definition) is 3. The van der Waals surface area contributed by atoms with Crippen LogP contribution in [0.3, 0.4) is 0 Å². The highest BCUT2D eigenvalue weighted by Crippen LogP contribution is 2.20. The Morgan fingerprint density at radius 3 is 2.30 bits per heavy atom. The van der Waals surface area contributed by atoms with Gasteiger partial charge in [-0.25, -0.2) is 0 Å². The lowest BCUT2D eigenvalue weighted by molar-refractivity contribution is 0.122. The molecule has 0 atom stereocenters. The number of likely N-dealkylation sites (tertiary alicyclic amines) is 1. The van der Waals surface area contributed by atoms with E-state index in [0.29, 0.717) is 0 Å². The molecule has 2 fully saturated rings. The van der Waals surface area contributed by atoms with Crippen molar-refractivity contribution in [2.75, 3.05) is 44.3 Å². The van der Waals surface area contributed by atoms with Gasteiger partial charge in [-0.1, -0.05) is 19.1 Å². The summed E-state index contributed by atoms with van der Waals surface area (Å²) in [6, 6.07) is 9.13. The van der Waals surface area contributed by atoms with Crippen LogP contribution in [0.25, 0.3) is 0 Å². The van der Waals surface area contributed by atoms with E-state index >= 15 is 0 Å². The van der Waals surface area contributed by atoms with Crippen molar-refractivity contribution in [1.29, 1.82) is 0 Å². The van der Waals surface area contributed by atoms with Gasteiger partial charge in [-0.2, -0.15) is 0 Å². The molecule has 3 rings (SSSR count). The number of hydrogen-bond donors (Lipinski definition) is 0. The normalized spacial score (nSPS) is 22.1. The number of nitrogens with zero attached hydrogens (tertiary/aromatic N) is 2. The Balaban J connectivity index is 1.55. The SMILES string of the molecule is CC1CCN(Cc2ccc(N3CCOCC3)cc2)CC1. The summed E-state index contributed by atoms with van der Waals surface area (Å²) >= 11 is 0. The van der Waals surface area contributed by atoms with Crippen molar-refractivity contribution in [3.8, 4) is 0 Å². The first kappa shape index (κ1) is 13.9. The molecule has 2 heterocycles. The maximum atomic E-state index is 5.41. The van der Waals surface area contributed by atoms with Crippen molar-refractivity contribution in [1.82, 2.24) is 4.90 Å². The Hall–Kier alpha value is -1.06. The van der Waals surface area contributed by atoms with Gasteiger partial charge in [-0.05, 0) is 49.5 Å². The standard InChI is InChI=1S/C17H26N2O/c1-15-6-8-18(9-7-15)14-16-2-4-17(5-3-16)19-10-12-20-13-11-19/h2-5,15H,6-14H2,1H3. The van der Waals surface area contributed by atoms with Crippen molar-refractivity contribution in [2.45, 2.75) is 26.3 Å². The predicted octanol–water partition coefficient (Wildman–Crippen LogP) is 2.76. The molecule has 0 aliphatic carbocycles. The molecular formula is C17H26N2O. The lowest BCUT2D eigenvalue weighted by Gasteiger charge is -2.31. The van der Waals surface area contributed by atoms with Gasteiger partial charge in [0.2, 0.25) is 0 Å². The molecule has 20 heavy (non-hydrogen) atoms. The molecule has 0 saturated carbocycles. The topological polar surface area (TPSA) is 15.7 Å². The van der Waals surface area contributed by atoms with E-state index in [1.165, 1.54) is 37.2 Å². The molecule has 1 aromatic rings. The maximum absolute atomic E-state index is 5.41. The van der Waals surface area contributed by atoms with E-state index in [2.05, 4.69) is 41.0 Å². The Morgan fingerprint density at radius 1 is 1.00 bits per heavy atom. The van der Waals surface area contributed by atoms with E-state index in [-0.39, 0.29) is 0 Å². The molecule has 3 nitrogen and oxygen atoms in total. The molecule has 0 spiro atoms. The fourth-order valence-electron chi connectivity index (χ4n) is 3.11. The third-order valence-electron chi connectivity index (χ3n) is 4.60. The third kappa shape index (κ3) is 3.53. The zero-order chi connectivity index (χ0) is 13.8. The molecule has 2 aliphatic rings. The summed E-state index contributed by atoms with van der Waals surface area (Å²) in [4.78, 5) is 5.00. The first-order valence-corrected chi connectivity index (χ1v) is 7.95. The van der Waals surface area contributed by atoms with Gasteiger partial charge in [0, 0.05) is 25.3 Å². The minimum atomic E-state index is 0.855. The monoisotopic (exact) mass is 274 g/mol. The van der Waals surface area contributed by atoms with Gasteiger partial charge in [-0.15, -0.1) is 0 Å². The van der Waals surface area contributed by atoms with Crippen LogP contribution < -0.4 is 4.90 Å². The second kappa shape index (κ2) is 6.59. The molecular weight excluding hydrogens is 248 g/mol. The molecule has 0 aromatic heterocycles. The van der Waals surface area contributed by atoms with Gasteiger partial charge in [-0.3, -0.25) is 4.90 Å². The van der Waals surface area contributed by atoms with Crippen LogP contribution in [0.15, 0.2) is 24.3 Å². The number of morpholine rings is 1. The lowest BCUT2D eigenvalue weighted by Crippen LogP contribution is -2.36. The molecule has 0 bridgehead atoms. The van der Waals surface area contributed by atoms with Gasteiger partial charge in [0.05, 0.1) is 13.2 Å². The van der Waals surface area contributed by atoms with E-state index in [4.69, 9.17) is 4.74 Å². The highest BCUT2D eigenvalue weighted by atomic mass is 16.5. The van der Waals surface area contributed by atoms with Crippen LogP contribution in [0, 0.1) is 5.92 Å². The molecule has 0 amide bonds. The Labute approximate surface area is 122 Å². The second-order valence-corrected chi connectivity index (χ2v) is 6.22. The summed E-state index contributed by atoms with van der Waals surface area (Å²) in [6.07, 6.45) is 2.71. The largest absolute Gasteiger partial charge is 0.378 e. The van der Waals surface area contributed by atoms with E-state index in [1.807, 2.05) is 0 Å². The van der Waals surface area contributed by atoms with Crippen molar-refractivity contribution in [2.24, 2.45) is 5.92 Å². The highest BCUT2D eigenvalue weighted by molar-refractivity contribution is 5.47. The highest BCUT2D eigenvalue weighted by Gasteiger charge is 2.16. The first-order valence-electron chi connectivity index (χ1n) is 7.95. The second-order valence-electron chi connectivity index (χ2n) is 6.22. The summed E-state index contributed by atoms with van der Waals surface area (Å²) < 4.78 is 5.41. The van der Waals surface area contributed by atoms with Gasteiger partial charge in [0.25, 0.3) is 0 Å². The van der Waals surface area contributed by atoms with Crippen LogP contribution in [0.2, 0.25) is 0 Å². The van der Waals surface area contributed by atoms with Gasteiger partial charge < -0.3 is 9.64 Å². The van der Waals surface area contributed by atoms with Gasteiger partial charge in [0.15, 0.2) is 0 Å². The molecule has 2 aliphatic heterocycles. The smallest absolute Gasteiger partial charge is 0.0642 e. The number of anilines is 1. The van der Waals surface area contributed by atoms with Crippen molar-refractivity contribution in [3.05, 3.63) is 29.8 Å². The average molecular weight is 274 g/mol. The van der Waals surface area contributed by atoms with E-state index in [0.717, 1.165) is 38.8 Å². The molecule has 110 valence electrons. The maximum Gasteiger partial charge on any atom is 0.0642 e. The lowest BCUT2D eigenvalue weighted by atomic mass is 9.99. The predicted molar refractivity (Wildman–Crippen MR) is 83.1 cm³/mol. The van der Waals surface area contributed by atoms with Crippen molar-refractivity contribution in [3.63, 3.8) is 0 Å². The molecule has 1 aromatic carbocycles. The third-order valence-corrected chi connectivity index (χ3v) is 4.60. The fourth-order valence-corrected chi connectivity index (χ4v) is 3.11. The Bertz CT molecular complexity index is 404. The summed E-state index contributed by atoms with van der Waals surface area (Å²) in [5, 5.41) is 0. The van der Waals surface area contributed by atoms with Crippen LogP contribution in [0.5, 0.6) is 0 Å². The summed E-state index contributed by atoms with van der Waals surface area (Å²) in [7, 11) is 0. The average Bonchev–Trinajstić information content (AvgIpc) is 2.51. The summed E-state index contributed by atoms with van der Waals surface area (Å²) in [5.41, 5.74) is 2.78. The van der Waals surface area contributed by atoms with E-state index in [9.17, 15) is 0 Å². The number of benzene rings is 1. The van der Waals surface area contributed by atoms with Crippen molar-refractivity contribution >= 4 is 5.69 Å². The Kier molecular flexibility index (Phi) is 4.58. The van der Waals surface area contributed by atoms with E-state index in [1.54, 1.807) is 0 Å². The fraction of sp³-hybridized carbons (Fsp3) is 0.647. The van der Waals surface area contributed by atoms with E-state index < -0.39 is 0 Å². The van der Waals surface area contributed by atoms with Crippen LogP contribution in [-0.4, -0.2) is 44.3 Å². The number of rotatable bonds is 3. The minimum absolute atomic E-state index is 0.855. The van der Waals surface area contributed by atoms with Gasteiger partial charge in [0.1, 0.15) is 0 Å². The zero-order valence-electron chi connectivity index (χ0n) is 12.6. The zero-order valence-corrected chi connectivity index (χ0v) is 12.6. The molecule has 0 unspecified atom stereocenters. The van der Waals surface area contributed by atoms with Crippen LogP contribution in [0.1, 0.15) is 25.3 Å². The Morgan fingerprint density at radius 2 is 1.65 bits per heavy atom. The van der Waals surface area contributed by atoms with Crippen LogP contribution >= 0.6 is 0 Å². The molecule has 2 saturated heterocycles. The van der Waals surface area contributed by atoms with Crippen LogP contribution in [0.4, 0.5) is 5.69 Å². The number of ether oxygens (including phenoxy) is 1.